The number of hydrogen-bond acceptors (Lipinski definition) is 4. The van der Waals surface area contributed by atoms with Crippen molar-refractivity contribution in [2.45, 2.75) is 44.7 Å². The van der Waals surface area contributed by atoms with Gasteiger partial charge in [0, 0.05) is 0 Å². The minimum absolute atomic E-state index is 0.0584. The zero-order chi connectivity index (χ0) is 12.6. The molecule has 3 atom stereocenters. The summed E-state index contributed by atoms with van der Waals surface area (Å²) < 4.78 is 22.8. The lowest BCUT2D eigenvalue weighted by Crippen LogP contribution is -2.32. The maximum Gasteiger partial charge on any atom is 0.189 e. The van der Waals surface area contributed by atoms with E-state index in [0.29, 0.717) is 13.2 Å². The van der Waals surface area contributed by atoms with Gasteiger partial charge in [-0.15, -0.1) is 0 Å². The average Bonchev–Trinajstić information content (AvgIpc) is 2.83. The molecule has 0 spiro atoms. The number of ether oxygens (including phenoxy) is 4. The van der Waals surface area contributed by atoms with Crippen LogP contribution in [0.2, 0.25) is 0 Å². The van der Waals surface area contributed by atoms with Crippen molar-refractivity contribution in [3.63, 3.8) is 0 Å². The highest BCUT2D eigenvalue weighted by Gasteiger charge is 2.50. The second-order valence-electron chi connectivity index (χ2n) is 5.14. The Labute approximate surface area is 107 Å². The molecule has 0 amide bonds. The summed E-state index contributed by atoms with van der Waals surface area (Å²) in [4.78, 5) is 0. The zero-order valence-electron chi connectivity index (χ0n) is 10.7. The van der Waals surface area contributed by atoms with Crippen LogP contribution in [0.1, 0.15) is 19.4 Å². The fourth-order valence-corrected chi connectivity index (χ4v) is 2.34. The molecule has 0 N–H and O–H groups in total. The Bertz CT molecular complexity index is 404. The van der Waals surface area contributed by atoms with Gasteiger partial charge in [0.2, 0.25) is 0 Å². The van der Waals surface area contributed by atoms with Gasteiger partial charge < -0.3 is 18.9 Å². The summed E-state index contributed by atoms with van der Waals surface area (Å²) in [5.41, 5.74) is 1.15. The van der Waals surface area contributed by atoms with E-state index in [-0.39, 0.29) is 18.5 Å². The fourth-order valence-electron chi connectivity index (χ4n) is 2.34. The molecule has 0 aromatic heterocycles. The summed E-state index contributed by atoms with van der Waals surface area (Å²) >= 11 is 0. The summed E-state index contributed by atoms with van der Waals surface area (Å²) in [7, 11) is 0. The molecule has 1 aromatic carbocycles. The SMILES string of the molecule is CC1(C)O[C@H]2OC[C@H](OCc3ccccc3)[C@H]2O1. The predicted octanol–water partition coefficient (Wildman–Crippen LogP) is 2.08. The van der Waals surface area contributed by atoms with E-state index in [2.05, 4.69) is 0 Å². The lowest BCUT2D eigenvalue weighted by molar-refractivity contribution is -0.203. The summed E-state index contributed by atoms with van der Waals surface area (Å²) in [5, 5.41) is 0. The van der Waals surface area contributed by atoms with Gasteiger partial charge in [-0.1, -0.05) is 30.3 Å². The van der Waals surface area contributed by atoms with Gasteiger partial charge in [0.15, 0.2) is 12.1 Å². The number of benzene rings is 1. The Kier molecular flexibility index (Phi) is 3.11. The van der Waals surface area contributed by atoms with Gasteiger partial charge in [0.05, 0.1) is 13.2 Å². The molecule has 98 valence electrons. The van der Waals surface area contributed by atoms with Crippen molar-refractivity contribution in [3.05, 3.63) is 35.9 Å². The van der Waals surface area contributed by atoms with E-state index in [1.54, 1.807) is 0 Å². The summed E-state index contributed by atoms with van der Waals surface area (Å²) in [6.45, 7) is 4.88. The molecular formula is C14H18O4. The molecule has 0 saturated carbocycles. The highest BCUT2D eigenvalue weighted by Crippen LogP contribution is 2.35. The standard InChI is InChI=1S/C14H18O4/c1-14(2)17-12-11(9-16-13(12)18-14)15-8-10-6-4-3-5-7-10/h3-7,11-13H,8-9H2,1-2H3/t11-,12+,13+/m0/s1. The Hall–Kier alpha value is -0.940. The predicted molar refractivity (Wildman–Crippen MR) is 64.8 cm³/mol. The first-order valence-corrected chi connectivity index (χ1v) is 6.27. The first-order valence-electron chi connectivity index (χ1n) is 6.27. The normalized spacial score (nSPS) is 33.6. The van der Waals surface area contributed by atoms with Gasteiger partial charge in [-0.3, -0.25) is 0 Å². The molecule has 0 radical (unpaired) electrons. The Morgan fingerprint density at radius 3 is 2.78 bits per heavy atom. The first-order chi connectivity index (χ1) is 8.64. The highest BCUT2D eigenvalue weighted by molar-refractivity contribution is 5.13. The van der Waals surface area contributed by atoms with Crippen LogP contribution >= 0.6 is 0 Å². The second kappa shape index (κ2) is 4.63. The minimum atomic E-state index is -0.579. The van der Waals surface area contributed by atoms with Crippen LogP contribution in [-0.2, 0) is 25.6 Å². The van der Waals surface area contributed by atoms with Gasteiger partial charge in [0.1, 0.15) is 12.2 Å². The van der Waals surface area contributed by atoms with Gasteiger partial charge >= 0.3 is 0 Å². The first kappa shape index (κ1) is 12.1. The molecule has 0 bridgehead atoms. The number of hydrogen-bond donors (Lipinski definition) is 0. The molecule has 0 unspecified atom stereocenters. The van der Waals surface area contributed by atoms with Crippen LogP contribution in [-0.4, -0.2) is 30.9 Å². The van der Waals surface area contributed by atoms with E-state index in [4.69, 9.17) is 18.9 Å². The smallest absolute Gasteiger partial charge is 0.189 e. The monoisotopic (exact) mass is 250 g/mol. The van der Waals surface area contributed by atoms with Crippen molar-refractivity contribution in [1.29, 1.82) is 0 Å². The van der Waals surface area contributed by atoms with Crippen LogP contribution < -0.4 is 0 Å². The molecule has 1 aromatic rings. The molecule has 0 aliphatic carbocycles. The van der Waals surface area contributed by atoms with E-state index in [9.17, 15) is 0 Å². The van der Waals surface area contributed by atoms with E-state index >= 15 is 0 Å². The Morgan fingerprint density at radius 1 is 1.22 bits per heavy atom. The molecule has 2 heterocycles. The zero-order valence-corrected chi connectivity index (χ0v) is 10.7. The Morgan fingerprint density at radius 2 is 2.00 bits per heavy atom. The van der Waals surface area contributed by atoms with E-state index in [1.165, 1.54) is 0 Å². The maximum atomic E-state index is 5.87. The van der Waals surface area contributed by atoms with E-state index < -0.39 is 5.79 Å². The van der Waals surface area contributed by atoms with Crippen molar-refractivity contribution >= 4 is 0 Å². The highest BCUT2D eigenvalue weighted by atomic mass is 16.8. The topological polar surface area (TPSA) is 36.9 Å². The molecule has 2 aliphatic rings. The molecule has 4 heteroatoms. The molecule has 4 nitrogen and oxygen atoms in total. The van der Waals surface area contributed by atoms with E-state index in [1.807, 2.05) is 44.2 Å². The van der Waals surface area contributed by atoms with Gasteiger partial charge in [-0.05, 0) is 19.4 Å². The number of fused-ring (bicyclic) bond motifs is 1. The van der Waals surface area contributed by atoms with Crippen molar-refractivity contribution in [3.8, 4) is 0 Å². The van der Waals surface area contributed by atoms with Crippen molar-refractivity contribution in [1.82, 2.24) is 0 Å². The minimum Gasteiger partial charge on any atom is -0.368 e. The van der Waals surface area contributed by atoms with Crippen LogP contribution in [0, 0.1) is 0 Å². The molecular weight excluding hydrogens is 232 g/mol. The van der Waals surface area contributed by atoms with Crippen molar-refractivity contribution in [2.75, 3.05) is 6.61 Å². The van der Waals surface area contributed by atoms with Crippen LogP contribution in [0.25, 0.3) is 0 Å². The largest absolute Gasteiger partial charge is 0.368 e. The second-order valence-corrected chi connectivity index (χ2v) is 5.14. The van der Waals surface area contributed by atoms with Crippen molar-refractivity contribution < 1.29 is 18.9 Å². The van der Waals surface area contributed by atoms with Gasteiger partial charge in [-0.2, -0.15) is 0 Å². The van der Waals surface area contributed by atoms with Gasteiger partial charge in [-0.25, -0.2) is 0 Å². The molecule has 2 aliphatic heterocycles. The van der Waals surface area contributed by atoms with Crippen LogP contribution in [0.3, 0.4) is 0 Å². The van der Waals surface area contributed by atoms with Crippen molar-refractivity contribution in [2.24, 2.45) is 0 Å². The summed E-state index contributed by atoms with van der Waals surface area (Å²) in [5.74, 6) is -0.579. The third kappa shape index (κ3) is 2.42. The van der Waals surface area contributed by atoms with Crippen LogP contribution in [0.4, 0.5) is 0 Å². The summed E-state index contributed by atoms with van der Waals surface area (Å²) in [6, 6.07) is 10.1. The number of rotatable bonds is 3. The average molecular weight is 250 g/mol. The van der Waals surface area contributed by atoms with Crippen LogP contribution in [0.15, 0.2) is 30.3 Å². The third-order valence-corrected chi connectivity index (χ3v) is 3.19. The van der Waals surface area contributed by atoms with Gasteiger partial charge in [0.25, 0.3) is 0 Å². The molecule has 18 heavy (non-hydrogen) atoms. The molecule has 3 rings (SSSR count). The Balaban J connectivity index is 1.58. The fraction of sp³-hybridized carbons (Fsp3) is 0.571. The molecule has 2 fully saturated rings. The summed E-state index contributed by atoms with van der Waals surface area (Å²) in [6.07, 6.45) is -0.471. The van der Waals surface area contributed by atoms with E-state index in [0.717, 1.165) is 5.56 Å². The maximum absolute atomic E-state index is 5.87. The lowest BCUT2D eigenvalue weighted by Gasteiger charge is -2.21. The third-order valence-electron chi connectivity index (χ3n) is 3.19. The lowest BCUT2D eigenvalue weighted by atomic mass is 10.2. The quantitative estimate of drug-likeness (QED) is 0.823. The molecule has 2 saturated heterocycles. The van der Waals surface area contributed by atoms with Crippen LogP contribution in [0.5, 0.6) is 0 Å².